The van der Waals surface area contributed by atoms with E-state index in [1.54, 1.807) is 6.92 Å². The zero-order valence-electron chi connectivity index (χ0n) is 9.01. The van der Waals surface area contributed by atoms with E-state index in [9.17, 15) is 4.79 Å². The lowest BCUT2D eigenvalue weighted by atomic mass is 9.92. The second-order valence-corrected chi connectivity index (χ2v) is 3.90. The Labute approximate surface area is 85.5 Å². The van der Waals surface area contributed by atoms with E-state index in [0.717, 1.165) is 19.3 Å². The summed E-state index contributed by atoms with van der Waals surface area (Å²) in [6, 6.07) is 0.312. The molecule has 1 N–H and O–H groups in total. The zero-order chi connectivity index (χ0) is 10.6. The lowest BCUT2D eigenvalue weighted by molar-refractivity contribution is -0.147. The van der Waals surface area contributed by atoms with Gasteiger partial charge in [-0.2, -0.15) is 0 Å². The van der Waals surface area contributed by atoms with Gasteiger partial charge in [-0.3, -0.25) is 0 Å². The van der Waals surface area contributed by atoms with Gasteiger partial charge in [0.25, 0.3) is 0 Å². The van der Waals surface area contributed by atoms with Crippen LogP contribution in [0.3, 0.4) is 0 Å². The molecule has 0 aromatic rings. The number of hydrogen-bond donors (Lipinski definition) is 1. The van der Waals surface area contributed by atoms with Gasteiger partial charge >= 0.3 is 5.97 Å². The summed E-state index contributed by atoms with van der Waals surface area (Å²) in [7, 11) is 1.91. The van der Waals surface area contributed by atoms with E-state index in [1.165, 1.54) is 6.42 Å². The van der Waals surface area contributed by atoms with Crippen molar-refractivity contribution in [3.8, 4) is 0 Å². The Morgan fingerprint density at radius 1 is 1.43 bits per heavy atom. The Morgan fingerprint density at radius 2 is 2.07 bits per heavy atom. The van der Waals surface area contributed by atoms with Crippen LogP contribution < -0.4 is 5.32 Å². The molecule has 0 heterocycles. The quantitative estimate of drug-likeness (QED) is 0.552. The van der Waals surface area contributed by atoms with Crippen molar-refractivity contribution in [3.05, 3.63) is 12.2 Å². The summed E-state index contributed by atoms with van der Waals surface area (Å²) in [5.41, 5.74) is 0.477. The van der Waals surface area contributed by atoms with Crippen molar-refractivity contribution >= 4 is 5.97 Å². The van der Waals surface area contributed by atoms with Crippen molar-refractivity contribution in [2.45, 2.75) is 44.8 Å². The molecule has 1 aliphatic carbocycles. The van der Waals surface area contributed by atoms with Crippen molar-refractivity contribution in [3.63, 3.8) is 0 Å². The van der Waals surface area contributed by atoms with Gasteiger partial charge in [0.05, 0.1) is 0 Å². The first-order valence-electron chi connectivity index (χ1n) is 5.19. The molecule has 1 saturated carbocycles. The predicted molar refractivity (Wildman–Crippen MR) is 56.0 cm³/mol. The Kier molecular flexibility index (Phi) is 4.14. The molecular weight excluding hydrogens is 178 g/mol. The maximum absolute atomic E-state index is 11.3. The van der Waals surface area contributed by atoms with Crippen LogP contribution in [0.4, 0.5) is 0 Å². The number of carbonyl (C=O) groups is 1. The predicted octanol–water partition coefficient (Wildman–Crippen LogP) is 1.64. The first-order valence-corrected chi connectivity index (χ1v) is 5.19. The molecule has 0 amide bonds. The minimum absolute atomic E-state index is 0.0259. The minimum atomic E-state index is -0.267. The summed E-state index contributed by atoms with van der Waals surface area (Å²) in [4.78, 5) is 11.3. The van der Waals surface area contributed by atoms with Crippen LogP contribution in [-0.4, -0.2) is 25.2 Å². The molecule has 1 rings (SSSR count). The summed E-state index contributed by atoms with van der Waals surface area (Å²) >= 11 is 0. The highest BCUT2D eigenvalue weighted by Gasteiger charge is 2.26. The van der Waals surface area contributed by atoms with Gasteiger partial charge in [-0.15, -0.1) is 0 Å². The summed E-state index contributed by atoms with van der Waals surface area (Å²) in [5, 5.41) is 3.19. The molecule has 14 heavy (non-hydrogen) atoms. The van der Waals surface area contributed by atoms with E-state index >= 15 is 0 Å². The number of nitrogens with one attached hydrogen (secondary N) is 1. The molecule has 80 valence electrons. The minimum Gasteiger partial charge on any atom is -0.457 e. The molecule has 2 unspecified atom stereocenters. The largest absolute Gasteiger partial charge is 0.457 e. The molecule has 2 atom stereocenters. The number of esters is 1. The van der Waals surface area contributed by atoms with Gasteiger partial charge in [-0.25, -0.2) is 4.79 Å². The summed E-state index contributed by atoms with van der Waals surface area (Å²) in [6.45, 7) is 5.26. The zero-order valence-corrected chi connectivity index (χ0v) is 9.01. The molecule has 3 heteroatoms. The van der Waals surface area contributed by atoms with Gasteiger partial charge in [0.15, 0.2) is 0 Å². The number of carbonyl (C=O) groups excluding carboxylic acids is 1. The van der Waals surface area contributed by atoms with Crippen molar-refractivity contribution in [1.29, 1.82) is 0 Å². The lowest BCUT2D eigenvalue weighted by Crippen LogP contribution is -2.42. The van der Waals surface area contributed by atoms with E-state index in [0.29, 0.717) is 11.6 Å². The second-order valence-electron chi connectivity index (χ2n) is 3.90. The Hall–Kier alpha value is -0.830. The van der Waals surface area contributed by atoms with Gasteiger partial charge in [-0.05, 0) is 33.2 Å². The maximum Gasteiger partial charge on any atom is 0.333 e. The molecule has 0 aliphatic heterocycles. The van der Waals surface area contributed by atoms with Gasteiger partial charge in [0, 0.05) is 11.6 Å². The summed E-state index contributed by atoms with van der Waals surface area (Å²) in [5.74, 6) is -0.267. The molecule has 0 bridgehead atoms. The highest BCUT2D eigenvalue weighted by Crippen LogP contribution is 2.21. The van der Waals surface area contributed by atoms with E-state index in [4.69, 9.17) is 4.74 Å². The molecule has 0 aromatic heterocycles. The van der Waals surface area contributed by atoms with Crippen LogP contribution in [-0.2, 0) is 9.53 Å². The smallest absolute Gasteiger partial charge is 0.333 e. The SMILES string of the molecule is C=C(C)C(=O)OC1CCCCC1NC. The molecule has 0 radical (unpaired) electrons. The van der Waals surface area contributed by atoms with E-state index in [-0.39, 0.29) is 12.1 Å². The third kappa shape index (κ3) is 2.84. The fourth-order valence-electron chi connectivity index (χ4n) is 1.81. The van der Waals surface area contributed by atoms with E-state index < -0.39 is 0 Å². The van der Waals surface area contributed by atoms with Crippen LogP contribution in [0.15, 0.2) is 12.2 Å². The molecular formula is C11H19NO2. The molecule has 1 fully saturated rings. The van der Waals surface area contributed by atoms with Crippen LogP contribution in [0.2, 0.25) is 0 Å². The Balaban J connectivity index is 2.48. The van der Waals surface area contributed by atoms with Crippen LogP contribution in [0, 0.1) is 0 Å². The number of rotatable bonds is 3. The average molecular weight is 197 g/mol. The standard InChI is InChI=1S/C11H19NO2/c1-8(2)11(13)14-10-7-5-4-6-9(10)12-3/h9-10,12H,1,4-7H2,2-3H3. The maximum atomic E-state index is 11.3. The van der Waals surface area contributed by atoms with Crippen LogP contribution in [0.1, 0.15) is 32.6 Å². The number of ether oxygens (including phenoxy) is 1. The lowest BCUT2D eigenvalue weighted by Gasteiger charge is -2.30. The van der Waals surface area contributed by atoms with Crippen molar-refractivity contribution < 1.29 is 9.53 Å². The summed E-state index contributed by atoms with van der Waals surface area (Å²) in [6.07, 6.45) is 4.44. The fraction of sp³-hybridized carbons (Fsp3) is 0.727. The van der Waals surface area contributed by atoms with E-state index in [2.05, 4.69) is 11.9 Å². The number of likely N-dealkylation sites (N-methyl/N-ethyl adjacent to an activating group) is 1. The molecule has 0 aromatic carbocycles. The molecule has 0 spiro atoms. The van der Waals surface area contributed by atoms with Gasteiger partial charge in [0.2, 0.25) is 0 Å². The van der Waals surface area contributed by atoms with Gasteiger partial charge in [-0.1, -0.05) is 13.0 Å². The van der Waals surface area contributed by atoms with Gasteiger partial charge < -0.3 is 10.1 Å². The van der Waals surface area contributed by atoms with Gasteiger partial charge in [0.1, 0.15) is 6.10 Å². The first-order chi connectivity index (χ1) is 6.65. The monoisotopic (exact) mass is 197 g/mol. The first kappa shape index (κ1) is 11.2. The topological polar surface area (TPSA) is 38.3 Å². The highest BCUT2D eigenvalue weighted by molar-refractivity contribution is 5.87. The van der Waals surface area contributed by atoms with Crippen molar-refractivity contribution in [2.75, 3.05) is 7.05 Å². The van der Waals surface area contributed by atoms with Crippen LogP contribution in [0.5, 0.6) is 0 Å². The second kappa shape index (κ2) is 5.15. The van der Waals surface area contributed by atoms with E-state index in [1.807, 2.05) is 7.05 Å². The average Bonchev–Trinajstić information content (AvgIpc) is 2.18. The van der Waals surface area contributed by atoms with Crippen LogP contribution >= 0.6 is 0 Å². The number of hydrogen-bond acceptors (Lipinski definition) is 3. The van der Waals surface area contributed by atoms with Crippen LogP contribution in [0.25, 0.3) is 0 Å². The normalized spacial score (nSPS) is 27.0. The highest BCUT2D eigenvalue weighted by atomic mass is 16.5. The Bertz CT molecular complexity index is 225. The summed E-state index contributed by atoms with van der Waals surface area (Å²) < 4.78 is 5.36. The molecule has 0 saturated heterocycles. The Morgan fingerprint density at radius 3 is 2.64 bits per heavy atom. The van der Waals surface area contributed by atoms with Crippen molar-refractivity contribution in [2.24, 2.45) is 0 Å². The third-order valence-corrected chi connectivity index (χ3v) is 2.68. The third-order valence-electron chi connectivity index (χ3n) is 2.68. The molecule has 1 aliphatic rings. The fourth-order valence-corrected chi connectivity index (χ4v) is 1.81. The molecule has 3 nitrogen and oxygen atoms in total. The van der Waals surface area contributed by atoms with Crippen molar-refractivity contribution in [1.82, 2.24) is 5.32 Å².